The van der Waals surface area contributed by atoms with Gasteiger partial charge in [0, 0.05) is 13.1 Å². The molecule has 1 saturated heterocycles. The van der Waals surface area contributed by atoms with Crippen molar-refractivity contribution in [1.29, 1.82) is 0 Å². The number of sulfonamides is 1. The van der Waals surface area contributed by atoms with Crippen LogP contribution < -0.4 is 5.32 Å². The highest BCUT2D eigenvalue weighted by atomic mass is 32.2. The van der Waals surface area contributed by atoms with Gasteiger partial charge in [-0.05, 0) is 57.0 Å². The first-order chi connectivity index (χ1) is 9.86. The Bertz CT molecular complexity index is 618. The zero-order chi connectivity index (χ0) is 15.6. The Morgan fingerprint density at radius 3 is 2.71 bits per heavy atom. The Morgan fingerprint density at radius 1 is 1.33 bits per heavy atom. The molecule has 1 N–H and O–H groups in total. The smallest absolute Gasteiger partial charge is 0.246 e. The lowest BCUT2D eigenvalue weighted by molar-refractivity contribution is 0.262. The second-order valence-electron chi connectivity index (χ2n) is 5.46. The van der Waals surface area contributed by atoms with Crippen molar-refractivity contribution in [1.82, 2.24) is 9.62 Å². The van der Waals surface area contributed by atoms with Crippen LogP contribution in [0.1, 0.15) is 18.4 Å². The van der Waals surface area contributed by atoms with E-state index in [1.165, 1.54) is 11.2 Å². The second-order valence-corrected chi connectivity index (χ2v) is 7.37. The van der Waals surface area contributed by atoms with Crippen molar-refractivity contribution < 1.29 is 17.2 Å². The van der Waals surface area contributed by atoms with Gasteiger partial charge in [-0.25, -0.2) is 17.2 Å². The first-order valence-electron chi connectivity index (χ1n) is 6.96. The van der Waals surface area contributed by atoms with Crippen LogP contribution in [0.2, 0.25) is 0 Å². The average molecular weight is 318 g/mol. The summed E-state index contributed by atoms with van der Waals surface area (Å²) in [5.41, 5.74) is 0.0955. The maximum absolute atomic E-state index is 13.9. The molecule has 1 aliphatic rings. The predicted octanol–water partition coefficient (Wildman–Crippen LogP) is 1.89. The lowest BCUT2D eigenvalue weighted by Gasteiger charge is -2.32. The minimum absolute atomic E-state index is 0.0955. The van der Waals surface area contributed by atoms with E-state index in [4.69, 9.17) is 0 Å². The summed E-state index contributed by atoms with van der Waals surface area (Å²) in [4.78, 5) is -0.573. The lowest BCUT2D eigenvalue weighted by Crippen LogP contribution is -2.42. The summed E-state index contributed by atoms with van der Waals surface area (Å²) in [5, 5.41) is 3.02. The molecule has 118 valence electrons. The van der Waals surface area contributed by atoms with Gasteiger partial charge in [-0.2, -0.15) is 4.31 Å². The summed E-state index contributed by atoms with van der Waals surface area (Å²) in [7, 11) is -2.18. The van der Waals surface area contributed by atoms with Crippen LogP contribution in [0.4, 0.5) is 8.78 Å². The maximum Gasteiger partial charge on any atom is 0.246 e. The van der Waals surface area contributed by atoms with Crippen LogP contribution in [0.5, 0.6) is 0 Å². The summed E-state index contributed by atoms with van der Waals surface area (Å²) in [6.07, 6.45) is 1.65. The van der Waals surface area contributed by atoms with E-state index in [1.54, 1.807) is 0 Å². The van der Waals surface area contributed by atoms with Crippen molar-refractivity contribution in [2.24, 2.45) is 5.92 Å². The quantitative estimate of drug-likeness (QED) is 0.922. The molecule has 1 fully saturated rings. The highest BCUT2D eigenvalue weighted by Crippen LogP contribution is 2.26. The van der Waals surface area contributed by atoms with Crippen LogP contribution in [-0.4, -0.2) is 39.4 Å². The van der Waals surface area contributed by atoms with Crippen molar-refractivity contribution in [3.05, 3.63) is 29.3 Å². The molecule has 0 radical (unpaired) electrons. The van der Waals surface area contributed by atoms with Crippen LogP contribution in [0.15, 0.2) is 17.0 Å². The van der Waals surface area contributed by atoms with E-state index in [-0.39, 0.29) is 11.5 Å². The molecule has 21 heavy (non-hydrogen) atoms. The van der Waals surface area contributed by atoms with E-state index < -0.39 is 26.6 Å². The standard InChI is InChI=1S/C14H20F2N2O2S/c1-10-6-13(16)14(7-12(10)15)21(19,20)18-5-3-4-11(9-18)8-17-2/h6-7,11,17H,3-5,8-9H2,1-2H3/t11-/m0/s1. The number of piperidine rings is 1. The molecule has 0 aromatic heterocycles. The average Bonchev–Trinajstić information content (AvgIpc) is 2.43. The van der Waals surface area contributed by atoms with Crippen molar-refractivity contribution >= 4 is 10.0 Å². The Balaban J connectivity index is 2.31. The first kappa shape index (κ1) is 16.3. The zero-order valence-corrected chi connectivity index (χ0v) is 13.0. The largest absolute Gasteiger partial charge is 0.319 e. The lowest BCUT2D eigenvalue weighted by atomic mass is 10.00. The fourth-order valence-corrected chi connectivity index (χ4v) is 4.28. The van der Waals surface area contributed by atoms with Gasteiger partial charge in [-0.15, -0.1) is 0 Å². The maximum atomic E-state index is 13.9. The van der Waals surface area contributed by atoms with Gasteiger partial charge in [-0.3, -0.25) is 0 Å². The molecule has 4 nitrogen and oxygen atoms in total. The molecule has 1 aromatic carbocycles. The minimum atomic E-state index is -3.99. The molecule has 2 rings (SSSR count). The van der Waals surface area contributed by atoms with Crippen molar-refractivity contribution in [2.45, 2.75) is 24.7 Å². The van der Waals surface area contributed by atoms with Gasteiger partial charge in [0.1, 0.15) is 16.5 Å². The number of hydrogen-bond acceptors (Lipinski definition) is 3. The van der Waals surface area contributed by atoms with Gasteiger partial charge in [0.2, 0.25) is 10.0 Å². The molecule has 1 heterocycles. The zero-order valence-electron chi connectivity index (χ0n) is 12.2. The summed E-state index contributed by atoms with van der Waals surface area (Å²) in [6.45, 7) is 2.78. The number of aryl methyl sites for hydroxylation is 1. The van der Waals surface area contributed by atoms with Crippen molar-refractivity contribution in [3.8, 4) is 0 Å². The van der Waals surface area contributed by atoms with E-state index in [9.17, 15) is 17.2 Å². The van der Waals surface area contributed by atoms with Crippen LogP contribution in [-0.2, 0) is 10.0 Å². The summed E-state index contributed by atoms with van der Waals surface area (Å²) in [5.74, 6) is -1.42. The Hall–Kier alpha value is -1.05. The predicted molar refractivity (Wildman–Crippen MR) is 76.5 cm³/mol. The summed E-state index contributed by atoms with van der Waals surface area (Å²) >= 11 is 0. The molecular weight excluding hydrogens is 298 g/mol. The number of rotatable bonds is 4. The highest BCUT2D eigenvalue weighted by Gasteiger charge is 2.32. The molecule has 0 spiro atoms. The molecule has 7 heteroatoms. The third-order valence-electron chi connectivity index (χ3n) is 3.81. The number of hydrogen-bond donors (Lipinski definition) is 1. The van der Waals surface area contributed by atoms with E-state index in [0.717, 1.165) is 25.0 Å². The molecule has 0 unspecified atom stereocenters. The Kier molecular flexibility index (Phi) is 4.95. The minimum Gasteiger partial charge on any atom is -0.319 e. The molecule has 1 aliphatic heterocycles. The molecule has 0 saturated carbocycles. The van der Waals surface area contributed by atoms with Crippen LogP contribution in [0, 0.1) is 24.5 Å². The monoisotopic (exact) mass is 318 g/mol. The van der Waals surface area contributed by atoms with Gasteiger partial charge in [0.15, 0.2) is 0 Å². The third-order valence-corrected chi connectivity index (χ3v) is 5.69. The molecule has 0 amide bonds. The number of nitrogens with one attached hydrogen (secondary N) is 1. The van der Waals surface area contributed by atoms with E-state index in [1.807, 2.05) is 7.05 Å². The molecule has 1 aromatic rings. The summed E-state index contributed by atoms with van der Waals surface area (Å²) in [6, 6.07) is 1.71. The van der Waals surface area contributed by atoms with Crippen LogP contribution in [0.3, 0.4) is 0 Å². The summed E-state index contributed by atoms with van der Waals surface area (Å²) < 4.78 is 53.8. The number of halogens is 2. The second kappa shape index (κ2) is 6.37. The number of benzene rings is 1. The Labute approximate surface area is 124 Å². The van der Waals surface area contributed by atoms with Gasteiger partial charge < -0.3 is 5.32 Å². The molecule has 1 atom stereocenters. The van der Waals surface area contributed by atoms with Crippen LogP contribution >= 0.6 is 0 Å². The van der Waals surface area contributed by atoms with E-state index in [0.29, 0.717) is 19.6 Å². The van der Waals surface area contributed by atoms with Gasteiger partial charge >= 0.3 is 0 Å². The van der Waals surface area contributed by atoms with Crippen molar-refractivity contribution in [3.63, 3.8) is 0 Å². The third kappa shape index (κ3) is 3.41. The fourth-order valence-electron chi connectivity index (χ4n) is 2.67. The topological polar surface area (TPSA) is 49.4 Å². The molecule has 0 aliphatic carbocycles. The first-order valence-corrected chi connectivity index (χ1v) is 8.40. The fraction of sp³-hybridized carbons (Fsp3) is 0.571. The highest BCUT2D eigenvalue weighted by molar-refractivity contribution is 7.89. The normalized spacial score (nSPS) is 20.7. The van der Waals surface area contributed by atoms with Gasteiger partial charge in [0.05, 0.1) is 0 Å². The molecular formula is C14H20F2N2O2S. The van der Waals surface area contributed by atoms with Gasteiger partial charge in [-0.1, -0.05) is 0 Å². The van der Waals surface area contributed by atoms with Gasteiger partial charge in [0.25, 0.3) is 0 Å². The van der Waals surface area contributed by atoms with Crippen molar-refractivity contribution in [2.75, 3.05) is 26.7 Å². The van der Waals surface area contributed by atoms with E-state index >= 15 is 0 Å². The SMILES string of the molecule is CNC[C@@H]1CCCN(S(=O)(=O)c2cc(F)c(C)cc2F)C1. The Morgan fingerprint density at radius 2 is 2.05 bits per heavy atom. The number of nitrogens with zero attached hydrogens (tertiary/aromatic N) is 1. The van der Waals surface area contributed by atoms with Crippen LogP contribution in [0.25, 0.3) is 0 Å². The molecule has 0 bridgehead atoms. The van der Waals surface area contributed by atoms with E-state index in [2.05, 4.69) is 5.32 Å².